The Morgan fingerprint density at radius 3 is 2.28 bits per heavy atom. The predicted octanol–water partition coefficient (Wildman–Crippen LogP) is 0.748. The van der Waals surface area contributed by atoms with Crippen molar-refractivity contribution in [2.75, 3.05) is 0 Å². The summed E-state index contributed by atoms with van der Waals surface area (Å²) in [6, 6.07) is 1.27. The number of aromatic nitrogens is 1. The lowest BCUT2D eigenvalue weighted by Crippen LogP contribution is -2.33. The van der Waals surface area contributed by atoms with E-state index in [1.54, 1.807) is 0 Å². The van der Waals surface area contributed by atoms with E-state index < -0.39 is 37.8 Å². The van der Waals surface area contributed by atoms with E-state index in [0.717, 1.165) is 13.0 Å². The molecule has 1 unspecified atom stereocenters. The van der Waals surface area contributed by atoms with Gasteiger partial charge in [0.15, 0.2) is 9.84 Å². The van der Waals surface area contributed by atoms with Gasteiger partial charge in [-0.05, 0) is 19.1 Å². The Balaban J connectivity index is 3.17. The molecule has 5 nitrogen and oxygen atoms in total. The summed E-state index contributed by atoms with van der Waals surface area (Å²) in [5.41, 5.74) is 3.63. The largest absolute Gasteiger partial charge is 0.433 e. The van der Waals surface area contributed by atoms with E-state index in [4.69, 9.17) is 5.73 Å². The highest BCUT2D eigenvalue weighted by molar-refractivity contribution is 7.92. The van der Waals surface area contributed by atoms with Gasteiger partial charge in [0.2, 0.25) is 5.91 Å². The molecule has 0 fully saturated rings. The van der Waals surface area contributed by atoms with Crippen LogP contribution in [-0.4, -0.2) is 24.6 Å². The maximum Gasteiger partial charge on any atom is 0.433 e. The molecule has 1 amide bonds. The summed E-state index contributed by atoms with van der Waals surface area (Å²) < 4.78 is 60.1. The van der Waals surface area contributed by atoms with Gasteiger partial charge in [-0.1, -0.05) is 0 Å². The second kappa shape index (κ2) is 4.56. The maximum atomic E-state index is 12.2. The van der Waals surface area contributed by atoms with E-state index in [0.29, 0.717) is 12.3 Å². The van der Waals surface area contributed by atoms with E-state index in [2.05, 4.69) is 4.98 Å². The summed E-state index contributed by atoms with van der Waals surface area (Å²) in [5, 5.41) is -1.53. The number of primary amides is 1. The van der Waals surface area contributed by atoms with Crippen LogP contribution in [0.1, 0.15) is 12.6 Å². The number of carbonyl (C=O) groups excluding carboxylic acids is 1. The zero-order valence-corrected chi connectivity index (χ0v) is 9.92. The van der Waals surface area contributed by atoms with Crippen molar-refractivity contribution >= 4 is 15.7 Å². The number of rotatable bonds is 3. The van der Waals surface area contributed by atoms with Crippen LogP contribution >= 0.6 is 0 Å². The fourth-order valence-corrected chi connectivity index (χ4v) is 2.24. The number of carbonyl (C=O) groups is 1. The number of halogens is 3. The molecule has 100 valence electrons. The first-order valence-corrected chi connectivity index (χ1v) is 6.18. The number of amides is 1. The quantitative estimate of drug-likeness (QED) is 0.885. The van der Waals surface area contributed by atoms with E-state index in [1.807, 2.05) is 0 Å². The molecule has 1 rings (SSSR count). The van der Waals surface area contributed by atoms with Gasteiger partial charge in [0.05, 0.1) is 4.90 Å². The topological polar surface area (TPSA) is 90.1 Å². The van der Waals surface area contributed by atoms with Crippen LogP contribution in [0.2, 0.25) is 0 Å². The molecule has 1 heterocycles. The van der Waals surface area contributed by atoms with Crippen LogP contribution in [-0.2, 0) is 20.8 Å². The molecule has 1 atom stereocenters. The normalized spacial score (nSPS) is 14.2. The molecule has 18 heavy (non-hydrogen) atoms. The minimum absolute atomic E-state index is 0.484. The molecule has 1 aromatic rings. The smallest absolute Gasteiger partial charge is 0.369 e. The van der Waals surface area contributed by atoms with Gasteiger partial charge >= 0.3 is 6.18 Å². The fraction of sp³-hybridized carbons (Fsp3) is 0.333. The van der Waals surface area contributed by atoms with Crippen LogP contribution in [0.25, 0.3) is 0 Å². The van der Waals surface area contributed by atoms with E-state index in [-0.39, 0.29) is 0 Å². The summed E-state index contributed by atoms with van der Waals surface area (Å²) in [6.07, 6.45) is -4.10. The molecular weight excluding hydrogens is 273 g/mol. The number of nitrogens with zero attached hydrogens (tertiary/aromatic N) is 1. The second-order valence-corrected chi connectivity index (χ2v) is 5.74. The molecule has 1 aromatic heterocycles. The second-order valence-electron chi connectivity index (χ2n) is 3.47. The fourth-order valence-electron chi connectivity index (χ4n) is 1.07. The van der Waals surface area contributed by atoms with Gasteiger partial charge in [-0.3, -0.25) is 9.78 Å². The first-order chi connectivity index (χ1) is 8.06. The molecule has 0 aliphatic rings. The molecular formula is C9H9F3N2O3S. The van der Waals surface area contributed by atoms with Gasteiger partial charge in [0.25, 0.3) is 0 Å². The first-order valence-electron chi connectivity index (χ1n) is 4.63. The maximum absolute atomic E-state index is 12.2. The molecule has 0 spiro atoms. The standard InChI is InChI=1S/C9H9F3N2O3S/c1-5(8(13)15)18(16,17)6-2-3-7(14-4-6)9(10,11)12/h2-5H,1H3,(H2,13,15). The van der Waals surface area contributed by atoms with Crippen LogP contribution in [0.15, 0.2) is 23.2 Å². The van der Waals surface area contributed by atoms with Crippen LogP contribution < -0.4 is 5.73 Å². The highest BCUT2D eigenvalue weighted by Crippen LogP contribution is 2.28. The van der Waals surface area contributed by atoms with E-state index >= 15 is 0 Å². The first kappa shape index (κ1) is 14.4. The monoisotopic (exact) mass is 282 g/mol. The Bertz CT molecular complexity index is 551. The average Bonchev–Trinajstić information content (AvgIpc) is 2.26. The van der Waals surface area contributed by atoms with Crippen molar-refractivity contribution < 1.29 is 26.4 Å². The third-order valence-electron chi connectivity index (χ3n) is 2.22. The van der Waals surface area contributed by atoms with Crippen molar-refractivity contribution in [2.45, 2.75) is 23.2 Å². The number of pyridine rings is 1. The number of hydrogen-bond acceptors (Lipinski definition) is 4. The van der Waals surface area contributed by atoms with Crippen molar-refractivity contribution in [1.29, 1.82) is 0 Å². The molecule has 0 saturated heterocycles. The van der Waals surface area contributed by atoms with Crippen LogP contribution in [0.4, 0.5) is 13.2 Å². The van der Waals surface area contributed by atoms with Crippen LogP contribution in [0.5, 0.6) is 0 Å². The molecule has 9 heteroatoms. The number of alkyl halides is 3. The third-order valence-corrected chi connectivity index (χ3v) is 4.28. The van der Waals surface area contributed by atoms with Gasteiger partial charge in [0.1, 0.15) is 10.9 Å². The highest BCUT2D eigenvalue weighted by atomic mass is 32.2. The third kappa shape index (κ3) is 2.78. The van der Waals surface area contributed by atoms with Gasteiger partial charge in [0, 0.05) is 6.20 Å². The lowest BCUT2D eigenvalue weighted by atomic mass is 10.3. The predicted molar refractivity (Wildman–Crippen MR) is 55.1 cm³/mol. The Labute approximate surface area is 101 Å². The van der Waals surface area contributed by atoms with Crippen molar-refractivity contribution in [3.05, 3.63) is 24.0 Å². The lowest BCUT2D eigenvalue weighted by molar-refractivity contribution is -0.141. The number of hydrogen-bond donors (Lipinski definition) is 1. The summed E-state index contributed by atoms with van der Waals surface area (Å²) in [4.78, 5) is 13.3. The summed E-state index contributed by atoms with van der Waals surface area (Å²) in [7, 11) is -4.10. The van der Waals surface area contributed by atoms with Crippen molar-refractivity contribution in [3.63, 3.8) is 0 Å². The van der Waals surface area contributed by atoms with Crippen molar-refractivity contribution in [1.82, 2.24) is 4.98 Å². The van der Waals surface area contributed by atoms with Gasteiger partial charge in [-0.25, -0.2) is 8.42 Å². The van der Waals surface area contributed by atoms with Gasteiger partial charge < -0.3 is 5.73 Å². The van der Waals surface area contributed by atoms with Crippen molar-refractivity contribution in [2.24, 2.45) is 5.73 Å². The molecule has 0 saturated carbocycles. The Morgan fingerprint density at radius 1 is 1.39 bits per heavy atom. The average molecular weight is 282 g/mol. The minimum atomic E-state index is -4.66. The lowest BCUT2D eigenvalue weighted by Gasteiger charge is -2.10. The minimum Gasteiger partial charge on any atom is -0.369 e. The van der Waals surface area contributed by atoms with Gasteiger partial charge in [-0.15, -0.1) is 0 Å². The van der Waals surface area contributed by atoms with Crippen LogP contribution in [0, 0.1) is 0 Å². The van der Waals surface area contributed by atoms with Gasteiger partial charge in [-0.2, -0.15) is 13.2 Å². The summed E-state index contributed by atoms with van der Waals surface area (Å²) in [5.74, 6) is -1.09. The molecule has 0 aromatic carbocycles. The highest BCUT2D eigenvalue weighted by Gasteiger charge is 2.34. The zero-order chi connectivity index (χ0) is 14.1. The Morgan fingerprint density at radius 2 is 1.94 bits per heavy atom. The molecule has 0 radical (unpaired) electrons. The van der Waals surface area contributed by atoms with Crippen LogP contribution in [0.3, 0.4) is 0 Å². The summed E-state index contributed by atoms with van der Waals surface area (Å²) >= 11 is 0. The van der Waals surface area contributed by atoms with E-state index in [9.17, 15) is 26.4 Å². The SMILES string of the molecule is CC(C(N)=O)S(=O)(=O)c1ccc(C(F)(F)F)nc1. The molecule has 0 aliphatic carbocycles. The number of nitrogens with two attached hydrogens (primary N) is 1. The van der Waals surface area contributed by atoms with E-state index in [1.165, 1.54) is 0 Å². The van der Waals surface area contributed by atoms with Crippen molar-refractivity contribution in [3.8, 4) is 0 Å². The Hall–Kier alpha value is -1.64. The molecule has 2 N–H and O–H groups in total. The Kier molecular flexibility index (Phi) is 3.65. The summed E-state index contributed by atoms with van der Waals surface area (Å²) in [6.45, 7) is 1.05. The zero-order valence-electron chi connectivity index (χ0n) is 9.10. The number of sulfone groups is 1. The molecule has 0 bridgehead atoms. The molecule has 0 aliphatic heterocycles.